The molecule has 1 aliphatic heterocycles. The lowest BCUT2D eigenvalue weighted by Crippen LogP contribution is -2.50. The molecule has 1 fully saturated rings. The number of amides is 2. The predicted molar refractivity (Wildman–Crippen MR) is 76.5 cm³/mol. The van der Waals surface area contributed by atoms with E-state index >= 15 is 0 Å². The number of rotatable bonds is 4. The van der Waals surface area contributed by atoms with Crippen molar-refractivity contribution in [2.24, 2.45) is 11.5 Å². The Balaban J connectivity index is 2.01. The minimum Gasteiger partial charge on any atom is -0.368 e. The summed E-state index contributed by atoms with van der Waals surface area (Å²) in [5.41, 5.74) is 12.4. The van der Waals surface area contributed by atoms with Crippen LogP contribution in [0, 0.1) is 0 Å². The van der Waals surface area contributed by atoms with Crippen LogP contribution in [0.2, 0.25) is 0 Å². The van der Waals surface area contributed by atoms with Crippen LogP contribution in [0.4, 0.5) is 0 Å². The van der Waals surface area contributed by atoms with E-state index in [2.05, 4.69) is 0 Å². The minimum atomic E-state index is -0.473. The summed E-state index contributed by atoms with van der Waals surface area (Å²) in [6.45, 7) is 0.591. The summed E-state index contributed by atoms with van der Waals surface area (Å²) >= 11 is 0. The van der Waals surface area contributed by atoms with Gasteiger partial charge in [-0.05, 0) is 24.8 Å². The van der Waals surface area contributed by atoms with E-state index in [4.69, 9.17) is 11.5 Å². The average molecular weight is 275 g/mol. The maximum Gasteiger partial charge on any atom is 0.240 e. The topological polar surface area (TPSA) is 89.4 Å². The standard InChI is InChI=1S/C15H21N3O2/c16-12(11-6-2-1-3-7-11)10-14(19)18-9-5-4-8-13(18)15(17)20/h1-3,6-7,12-13H,4-5,8-10,16H2,(H2,17,20). The molecule has 2 atom stereocenters. The highest BCUT2D eigenvalue weighted by atomic mass is 16.2. The number of likely N-dealkylation sites (tertiary alicyclic amines) is 1. The number of nitrogens with two attached hydrogens (primary N) is 2. The molecule has 4 N–H and O–H groups in total. The van der Waals surface area contributed by atoms with Gasteiger partial charge in [-0.3, -0.25) is 9.59 Å². The second-order valence-corrected chi connectivity index (χ2v) is 5.22. The van der Waals surface area contributed by atoms with E-state index in [0.29, 0.717) is 13.0 Å². The van der Waals surface area contributed by atoms with Crippen molar-refractivity contribution in [2.45, 2.75) is 37.8 Å². The first kappa shape index (κ1) is 14.5. The quantitative estimate of drug-likeness (QED) is 0.857. The molecule has 1 aromatic carbocycles. The monoisotopic (exact) mass is 275 g/mol. The zero-order valence-electron chi connectivity index (χ0n) is 11.5. The zero-order chi connectivity index (χ0) is 14.5. The summed E-state index contributed by atoms with van der Waals surface area (Å²) in [5, 5.41) is 0. The SMILES string of the molecule is NC(=O)C1CCCCN1C(=O)CC(N)c1ccccc1. The fourth-order valence-electron chi connectivity index (χ4n) is 2.65. The molecular formula is C15H21N3O2. The molecule has 0 aliphatic carbocycles. The molecule has 0 bridgehead atoms. The molecule has 2 unspecified atom stereocenters. The van der Waals surface area contributed by atoms with E-state index in [1.807, 2.05) is 30.3 Å². The fourth-order valence-corrected chi connectivity index (χ4v) is 2.65. The number of benzene rings is 1. The smallest absolute Gasteiger partial charge is 0.240 e. The molecule has 20 heavy (non-hydrogen) atoms. The number of piperidine rings is 1. The Hall–Kier alpha value is -1.88. The highest BCUT2D eigenvalue weighted by molar-refractivity contribution is 5.87. The van der Waals surface area contributed by atoms with Gasteiger partial charge in [-0.2, -0.15) is 0 Å². The summed E-state index contributed by atoms with van der Waals surface area (Å²) in [4.78, 5) is 25.3. The molecule has 0 aromatic heterocycles. The molecule has 1 saturated heterocycles. The first-order chi connectivity index (χ1) is 9.59. The van der Waals surface area contributed by atoms with E-state index in [-0.39, 0.29) is 18.4 Å². The van der Waals surface area contributed by atoms with Crippen LogP contribution in [0.1, 0.15) is 37.3 Å². The largest absolute Gasteiger partial charge is 0.368 e. The van der Waals surface area contributed by atoms with Crippen LogP contribution in [-0.2, 0) is 9.59 Å². The average Bonchev–Trinajstić information content (AvgIpc) is 2.48. The Morgan fingerprint density at radius 3 is 2.60 bits per heavy atom. The lowest BCUT2D eigenvalue weighted by atomic mass is 9.99. The van der Waals surface area contributed by atoms with Gasteiger partial charge in [-0.15, -0.1) is 0 Å². The van der Waals surface area contributed by atoms with Crippen LogP contribution >= 0.6 is 0 Å². The molecule has 5 nitrogen and oxygen atoms in total. The number of hydrogen-bond donors (Lipinski definition) is 2. The van der Waals surface area contributed by atoms with Crippen molar-refractivity contribution in [1.29, 1.82) is 0 Å². The van der Waals surface area contributed by atoms with Crippen molar-refractivity contribution in [1.82, 2.24) is 4.90 Å². The van der Waals surface area contributed by atoms with Gasteiger partial charge in [0, 0.05) is 19.0 Å². The predicted octanol–water partition coefficient (Wildman–Crippen LogP) is 0.943. The van der Waals surface area contributed by atoms with Crippen LogP contribution in [0.3, 0.4) is 0 Å². The summed E-state index contributed by atoms with van der Waals surface area (Å²) in [6.07, 6.45) is 2.70. The van der Waals surface area contributed by atoms with Crippen molar-refractivity contribution < 1.29 is 9.59 Å². The van der Waals surface area contributed by atoms with E-state index in [9.17, 15) is 9.59 Å². The third-order valence-electron chi connectivity index (χ3n) is 3.77. The van der Waals surface area contributed by atoms with E-state index in [1.165, 1.54) is 0 Å². The molecule has 1 heterocycles. The Morgan fingerprint density at radius 1 is 1.25 bits per heavy atom. The Labute approximate surface area is 118 Å². The van der Waals surface area contributed by atoms with Crippen molar-refractivity contribution >= 4 is 11.8 Å². The molecular weight excluding hydrogens is 254 g/mol. The van der Waals surface area contributed by atoms with E-state index in [0.717, 1.165) is 18.4 Å². The van der Waals surface area contributed by atoms with Gasteiger partial charge in [0.05, 0.1) is 0 Å². The van der Waals surface area contributed by atoms with Gasteiger partial charge in [0.1, 0.15) is 6.04 Å². The fraction of sp³-hybridized carbons (Fsp3) is 0.467. The number of carbonyl (C=O) groups is 2. The summed E-state index contributed by atoms with van der Waals surface area (Å²) in [6, 6.07) is 8.68. The van der Waals surface area contributed by atoms with Crippen molar-refractivity contribution in [3.63, 3.8) is 0 Å². The second kappa shape index (κ2) is 6.52. The molecule has 0 saturated carbocycles. The molecule has 0 spiro atoms. The first-order valence-corrected chi connectivity index (χ1v) is 6.99. The van der Waals surface area contributed by atoms with Crippen LogP contribution in [0.25, 0.3) is 0 Å². The minimum absolute atomic E-state index is 0.0927. The van der Waals surface area contributed by atoms with Gasteiger partial charge in [0.25, 0.3) is 0 Å². The van der Waals surface area contributed by atoms with Gasteiger partial charge < -0.3 is 16.4 Å². The normalized spacial score (nSPS) is 20.4. The highest BCUT2D eigenvalue weighted by Crippen LogP contribution is 2.21. The lowest BCUT2D eigenvalue weighted by Gasteiger charge is -2.34. The van der Waals surface area contributed by atoms with Gasteiger partial charge in [0.2, 0.25) is 11.8 Å². The van der Waals surface area contributed by atoms with Gasteiger partial charge in [-0.1, -0.05) is 30.3 Å². The number of primary amides is 1. The first-order valence-electron chi connectivity index (χ1n) is 6.99. The zero-order valence-corrected chi connectivity index (χ0v) is 11.5. The number of nitrogens with zero attached hydrogens (tertiary/aromatic N) is 1. The van der Waals surface area contributed by atoms with Gasteiger partial charge >= 0.3 is 0 Å². The summed E-state index contributed by atoms with van der Waals surface area (Å²) < 4.78 is 0. The summed E-state index contributed by atoms with van der Waals surface area (Å²) in [7, 11) is 0. The maximum atomic E-state index is 12.3. The number of carbonyl (C=O) groups excluding carboxylic acids is 2. The molecule has 5 heteroatoms. The Kier molecular flexibility index (Phi) is 4.74. The molecule has 1 aromatic rings. The highest BCUT2D eigenvalue weighted by Gasteiger charge is 2.31. The molecule has 2 amide bonds. The van der Waals surface area contributed by atoms with E-state index in [1.54, 1.807) is 4.90 Å². The second-order valence-electron chi connectivity index (χ2n) is 5.22. The lowest BCUT2D eigenvalue weighted by molar-refractivity contribution is -0.141. The van der Waals surface area contributed by atoms with Gasteiger partial charge in [-0.25, -0.2) is 0 Å². The maximum absolute atomic E-state index is 12.3. The van der Waals surface area contributed by atoms with Crippen LogP contribution in [0.15, 0.2) is 30.3 Å². The van der Waals surface area contributed by atoms with Crippen LogP contribution in [-0.4, -0.2) is 29.3 Å². The van der Waals surface area contributed by atoms with E-state index < -0.39 is 11.9 Å². The third kappa shape index (κ3) is 3.36. The molecule has 1 aliphatic rings. The van der Waals surface area contributed by atoms with Crippen LogP contribution in [0.5, 0.6) is 0 Å². The van der Waals surface area contributed by atoms with Crippen molar-refractivity contribution in [3.8, 4) is 0 Å². The Bertz CT molecular complexity index is 475. The third-order valence-corrected chi connectivity index (χ3v) is 3.77. The summed E-state index contributed by atoms with van der Waals surface area (Å²) in [5.74, 6) is -0.517. The molecule has 108 valence electrons. The molecule has 2 rings (SSSR count). The van der Waals surface area contributed by atoms with Gasteiger partial charge in [0.15, 0.2) is 0 Å². The Morgan fingerprint density at radius 2 is 1.95 bits per heavy atom. The van der Waals surface area contributed by atoms with Crippen molar-refractivity contribution in [2.75, 3.05) is 6.54 Å². The van der Waals surface area contributed by atoms with Crippen LogP contribution < -0.4 is 11.5 Å². The molecule has 0 radical (unpaired) electrons. The number of hydrogen-bond acceptors (Lipinski definition) is 3. The van der Waals surface area contributed by atoms with Crippen molar-refractivity contribution in [3.05, 3.63) is 35.9 Å².